The second-order valence-electron chi connectivity index (χ2n) is 6.21. The van der Waals surface area contributed by atoms with E-state index >= 15 is 0 Å². The number of halogens is 1. The van der Waals surface area contributed by atoms with Gasteiger partial charge in [0.2, 0.25) is 0 Å². The van der Waals surface area contributed by atoms with Gasteiger partial charge in [-0.15, -0.1) is 0 Å². The van der Waals surface area contributed by atoms with E-state index in [1.165, 1.54) is 12.1 Å². The fourth-order valence-corrected chi connectivity index (χ4v) is 3.12. The molecule has 6 heteroatoms. The van der Waals surface area contributed by atoms with Crippen molar-refractivity contribution >= 4 is 17.4 Å². The van der Waals surface area contributed by atoms with E-state index in [0.717, 1.165) is 30.9 Å². The highest BCUT2D eigenvalue weighted by Gasteiger charge is 2.22. The predicted molar refractivity (Wildman–Crippen MR) is 97.7 cm³/mol. The van der Waals surface area contributed by atoms with Crippen LogP contribution in [0.2, 0.25) is 0 Å². The summed E-state index contributed by atoms with van der Waals surface area (Å²) >= 11 is 0. The maximum Gasteiger partial charge on any atom is 0.257 e. The third kappa shape index (κ3) is 3.90. The summed E-state index contributed by atoms with van der Waals surface area (Å²) < 4.78 is 13.1. The maximum atomic E-state index is 13.1. The van der Waals surface area contributed by atoms with Gasteiger partial charge < -0.3 is 15.1 Å². The number of nitrogens with one attached hydrogen (secondary N) is 1. The Kier molecular flexibility index (Phi) is 5.16. The summed E-state index contributed by atoms with van der Waals surface area (Å²) in [4.78, 5) is 21.4. The number of benzene rings is 1. The third-order valence-electron chi connectivity index (χ3n) is 4.48. The van der Waals surface area contributed by atoms with Crippen molar-refractivity contribution in [2.75, 3.05) is 43.4 Å². The fourth-order valence-electron chi connectivity index (χ4n) is 3.12. The van der Waals surface area contributed by atoms with Crippen LogP contribution in [0.5, 0.6) is 0 Å². The largest absolute Gasteiger partial charge is 0.372 e. The fraction of sp³-hybridized carbons (Fsp3) is 0.368. The van der Waals surface area contributed by atoms with Gasteiger partial charge in [0.05, 0.1) is 5.56 Å². The number of amides is 1. The van der Waals surface area contributed by atoms with Gasteiger partial charge in [-0.25, -0.2) is 9.37 Å². The van der Waals surface area contributed by atoms with E-state index < -0.39 is 0 Å². The number of pyridine rings is 1. The molecule has 1 amide bonds. The van der Waals surface area contributed by atoms with Crippen molar-refractivity contribution in [1.82, 2.24) is 9.88 Å². The van der Waals surface area contributed by atoms with E-state index in [-0.39, 0.29) is 11.7 Å². The molecule has 2 aromatic rings. The number of hydrogen-bond acceptors (Lipinski definition) is 4. The van der Waals surface area contributed by atoms with Crippen molar-refractivity contribution in [3.8, 4) is 0 Å². The lowest BCUT2D eigenvalue weighted by Gasteiger charge is -2.24. The monoisotopic (exact) mass is 342 g/mol. The standard InChI is InChI=1S/C19H23FN4O/c1-14-4-9-17(18(21-2)22-14)19(25)24-11-3-10-23(12-13-24)16-7-5-15(20)6-8-16/h4-9H,3,10-13H2,1-2H3,(H,21,22). The minimum Gasteiger partial charge on any atom is -0.372 e. The summed E-state index contributed by atoms with van der Waals surface area (Å²) in [6.07, 6.45) is 0.872. The smallest absolute Gasteiger partial charge is 0.257 e. The molecular formula is C19H23FN4O. The summed E-state index contributed by atoms with van der Waals surface area (Å²) in [5.41, 5.74) is 2.46. The summed E-state index contributed by atoms with van der Waals surface area (Å²) in [5, 5.41) is 3.01. The third-order valence-corrected chi connectivity index (χ3v) is 4.48. The molecule has 0 aliphatic carbocycles. The highest BCUT2D eigenvalue weighted by molar-refractivity contribution is 5.98. The second kappa shape index (κ2) is 7.51. The zero-order valence-corrected chi connectivity index (χ0v) is 14.6. The Morgan fingerprint density at radius 2 is 1.84 bits per heavy atom. The molecule has 2 heterocycles. The zero-order chi connectivity index (χ0) is 17.8. The van der Waals surface area contributed by atoms with Gasteiger partial charge in [0.1, 0.15) is 11.6 Å². The number of anilines is 2. The van der Waals surface area contributed by atoms with Crippen molar-refractivity contribution in [2.24, 2.45) is 0 Å². The van der Waals surface area contributed by atoms with E-state index in [1.807, 2.05) is 24.0 Å². The summed E-state index contributed by atoms with van der Waals surface area (Å²) in [7, 11) is 1.78. The van der Waals surface area contributed by atoms with Crippen LogP contribution in [-0.2, 0) is 0 Å². The zero-order valence-electron chi connectivity index (χ0n) is 14.6. The van der Waals surface area contributed by atoms with Crippen molar-refractivity contribution < 1.29 is 9.18 Å². The minimum absolute atomic E-state index is 0.00203. The van der Waals surface area contributed by atoms with Crippen LogP contribution in [0.25, 0.3) is 0 Å². The Morgan fingerprint density at radius 1 is 1.08 bits per heavy atom. The van der Waals surface area contributed by atoms with Crippen LogP contribution in [0, 0.1) is 12.7 Å². The molecule has 1 aromatic carbocycles. The lowest BCUT2D eigenvalue weighted by atomic mass is 10.2. The number of carbonyl (C=O) groups excluding carboxylic acids is 1. The molecule has 1 saturated heterocycles. The average molecular weight is 342 g/mol. The first-order chi connectivity index (χ1) is 12.1. The van der Waals surface area contributed by atoms with Gasteiger partial charge in [0.15, 0.2) is 0 Å². The molecule has 5 nitrogen and oxygen atoms in total. The SMILES string of the molecule is CNc1nc(C)ccc1C(=O)N1CCCN(c2ccc(F)cc2)CC1. The molecule has 0 spiro atoms. The van der Waals surface area contributed by atoms with E-state index in [1.54, 1.807) is 19.2 Å². The predicted octanol–water partition coefficient (Wildman–Crippen LogP) is 2.92. The Morgan fingerprint density at radius 3 is 2.56 bits per heavy atom. The van der Waals surface area contributed by atoms with Crippen LogP contribution in [-0.4, -0.2) is 49.0 Å². The molecule has 1 aliphatic heterocycles. The van der Waals surface area contributed by atoms with Gasteiger partial charge in [0.25, 0.3) is 5.91 Å². The number of hydrogen-bond donors (Lipinski definition) is 1. The Balaban J connectivity index is 1.72. The van der Waals surface area contributed by atoms with Gasteiger partial charge >= 0.3 is 0 Å². The van der Waals surface area contributed by atoms with Gasteiger partial charge in [-0.1, -0.05) is 0 Å². The molecule has 1 N–H and O–H groups in total. The average Bonchev–Trinajstić information content (AvgIpc) is 2.88. The van der Waals surface area contributed by atoms with Crippen molar-refractivity contribution in [1.29, 1.82) is 0 Å². The van der Waals surface area contributed by atoms with Crippen LogP contribution in [0.15, 0.2) is 36.4 Å². The number of nitrogens with zero attached hydrogens (tertiary/aromatic N) is 3. The molecule has 0 radical (unpaired) electrons. The van der Waals surface area contributed by atoms with E-state index in [4.69, 9.17) is 0 Å². The van der Waals surface area contributed by atoms with Gasteiger partial charge in [-0.3, -0.25) is 4.79 Å². The van der Waals surface area contributed by atoms with Gasteiger partial charge in [-0.2, -0.15) is 0 Å². The normalized spacial score (nSPS) is 15.0. The van der Waals surface area contributed by atoms with Crippen LogP contribution in [0.3, 0.4) is 0 Å². The summed E-state index contributed by atoms with van der Waals surface area (Å²) in [5.74, 6) is 0.379. The Bertz CT molecular complexity index is 748. The highest BCUT2D eigenvalue weighted by Crippen LogP contribution is 2.20. The first-order valence-corrected chi connectivity index (χ1v) is 8.53. The van der Waals surface area contributed by atoms with E-state index in [9.17, 15) is 9.18 Å². The highest BCUT2D eigenvalue weighted by atomic mass is 19.1. The van der Waals surface area contributed by atoms with Crippen LogP contribution < -0.4 is 10.2 Å². The molecule has 0 unspecified atom stereocenters. The Labute approximate surface area is 147 Å². The van der Waals surface area contributed by atoms with Crippen molar-refractivity contribution in [3.05, 3.63) is 53.5 Å². The van der Waals surface area contributed by atoms with Crippen LogP contribution in [0.4, 0.5) is 15.9 Å². The molecule has 1 fully saturated rings. The first-order valence-electron chi connectivity index (χ1n) is 8.53. The number of rotatable bonds is 3. The quantitative estimate of drug-likeness (QED) is 0.932. The van der Waals surface area contributed by atoms with Crippen molar-refractivity contribution in [2.45, 2.75) is 13.3 Å². The molecule has 1 aromatic heterocycles. The molecule has 0 saturated carbocycles. The lowest BCUT2D eigenvalue weighted by molar-refractivity contribution is 0.0767. The van der Waals surface area contributed by atoms with Crippen LogP contribution in [0.1, 0.15) is 22.5 Å². The second-order valence-corrected chi connectivity index (χ2v) is 6.21. The van der Waals surface area contributed by atoms with Gasteiger partial charge in [0, 0.05) is 44.6 Å². The van der Waals surface area contributed by atoms with Crippen LogP contribution >= 0.6 is 0 Å². The number of carbonyl (C=O) groups is 1. The van der Waals surface area contributed by atoms with Crippen molar-refractivity contribution in [3.63, 3.8) is 0 Å². The van der Waals surface area contributed by atoms with Gasteiger partial charge in [-0.05, 0) is 49.7 Å². The summed E-state index contributed by atoms with van der Waals surface area (Å²) in [6.45, 7) is 4.81. The number of aromatic nitrogens is 1. The van der Waals surface area contributed by atoms with E-state index in [2.05, 4.69) is 15.2 Å². The molecule has 3 rings (SSSR count). The topological polar surface area (TPSA) is 48.5 Å². The maximum absolute atomic E-state index is 13.1. The Hall–Kier alpha value is -2.63. The molecule has 0 atom stereocenters. The summed E-state index contributed by atoms with van der Waals surface area (Å²) in [6, 6.07) is 10.2. The lowest BCUT2D eigenvalue weighted by Crippen LogP contribution is -2.35. The molecular weight excluding hydrogens is 319 g/mol. The molecule has 1 aliphatic rings. The number of aryl methyl sites for hydroxylation is 1. The minimum atomic E-state index is -0.234. The van der Waals surface area contributed by atoms with E-state index in [0.29, 0.717) is 24.5 Å². The molecule has 25 heavy (non-hydrogen) atoms. The molecule has 0 bridgehead atoms. The molecule has 132 valence electrons. The first kappa shape index (κ1) is 17.2.